The number of benzene rings is 2. The Hall–Kier alpha value is -1.82. The highest BCUT2D eigenvalue weighted by molar-refractivity contribution is 7.80. The summed E-state index contributed by atoms with van der Waals surface area (Å²) in [4.78, 5) is 2.15. The van der Waals surface area contributed by atoms with Crippen molar-refractivity contribution in [3.8, 4) is 5.75 Å². The van der Waals surface area contributed by atoms with Crippen molar-refractivity contribution in [3.63, 3.8) is 0 Å². The molecule has 0 radical (unpaired) electrons. The molecule has 1 heterocycles. The molecule has 0 bridgehead atoms. The van der Waals surface area contributed by atoms with Crippen LogP contribution in [0.15, 0.2) is 48.5 Å². The Labute approximate surface area is 171 Å². The van der Waals surface area contributed by atoms with Crippen LogP contribution in [0, 0.1) is 0 Å². The van der Waals surface area contributed by atoms with E-state index >= 15 is 0 Å². The first-order valence-electron chi connectivity index (χ1n) is 9.29. The van der Waals surface area contributed by atoms with E-state index in [-0.39, 0.29) is 6.10 Å². The number of hydrogen-bond acceptors (Lipinski definition) is 3. The van der Waals surface area contributed by atoms with Crippen LogP contribution in [0.2, 0.25) is 5.02 Å². The Morgan fingerprint density at radius 1 is 1.26 bits per heavy atom. The fourth-order valence-electron chi connectivity index (χ4n) is 3.11. The van der Waals surface area contributed by atoms with Crippen LogP contribution in [0.4, 0.5) is 5.69 Å². The molecule has 0 aromatic heterocycles. The molecule has 2 aromatic rings. The zero-order chi connectivity index (χ0) is 19.1. The number of nitrogens with zero attached hydrogens (tertiary/aromatic N) is 1. The topological polar surface area (TPSA) is 33.7 Å². The van der Waals surface area contributed by atoms with Crippen LogP contribution in [0.3, 0.4) is 0 Å². The summed E-state index contributed by atoms with van der Waals surface area (Å²) in [5.74, 6) is 0.797. The summed E-state index contributed by atoms with van der Waals surface area (Å²) in [5, 5.41) is 4.74. The first-order valence-corrected chi connectivity index (χ1v) is 10.1. The second-order valence-electron chi connectivity index (χ2n) is 6.50. The van der Waals surface area contributed by atoms with Crippen LogP contribution in [0.1, 0.15) is 25.3 Å². The molecule has 1 saturated heterocycles. The smallest absolute Gasteiger partial charge is 0.173 e. The number of halogens is 1. The molecule has 0 amide bonds. The highest BCUT2D eigenvalue weighted by Gasteiger charge is 2.21. The zero-order valence-corrected chi connectivity index (χ0v) is 17.1. The van der Waals surface area contributed by atoms with Gasteiger partial charge in [-0.2, -0.15) is 0 Å². The lowest BCUT2D eigenvalue weighted by Gasteiger charge is -2.29. The van der Waals surface area contributed by atoms with Crippen LogP contribution in [-0.4, -0.2) is 35.9 Å². The minimum absolute atomic E-state index is 0.208. The number of anilines is 1. The minimum Gasteiger partial charge on any atom is -0.492 e. The molecule has 2 aromatic carbocycles. The third-order valence-electron chi connectivity index (χ3n) is 4.45. The maximum absolute atomic E-state index is 6.02. The lowest BCUT2D eigenvalue weighted by molar-refractivity contribution is 0.0905. The lowest BCUT2D eigenvalue weighted by Crippen LogP contribution is -2.39. The van der Waals surface area contributed by atoms with Crippen LogP contribution >= 0.6 is 23.8 Å². The van der Waals surface area contributed by atoms with E-state index in [9.17, 15) is 0 Å². The molecule has 1 atom stereocenters. The van der Waals surface area contributed by atoms with E-state index in [0.717, 1.165) is 48.0 Å². The molecule has 0 aliphatic carbocycles. The van der Waals surface area contributed by atoms with Gasteiger partial charge >= 0.3 is 0 Å². The molecule has 4 nitrogen and oxygen atoms in total. The van der Waals surface area contributed by atoms with Crippen molar-refractivity contribution < 1.29 is 9.47 Å². The second-order valence-corrected chi connectivity index (χ2v) is 7.32. The third kappa shape index (κ3) is 5.83. The summed E-state index contributed by atoms with van der Waals surface area (Å²) in [6.07, 6.45) is 2.38. The van der Waals surface area contributed by atoms with Gasteiger partial charge in [-0.05, 0) is 61.8 Å². The van der Waals surface area contributed by atoms with Crippen LogP contribution < -0.4 is 10.1 Å². The van der Waals surface area contributed by atoms with Gasteiger partial charge in [-0.25, -0.2) is 0 Å². The minimum atomic E-state index is 0.208. The number of para-hydroxylation sites is 2. The van der Waals surface area contributed by atoms with Crippen molar-refractivity contribution in [2.45, 2.75) is 32.4 Å². The van der Waals surface area contributed by atoms with Crippen molar-refractivity contribution in [1.29, 1.82) is 0 Å². The Morgan fingerprint density at radius 3 is 2.74 bits per heavy atom. The molecule has 6 heteroatoms. The highest BCUT2D eigenvalue weighted by Crippen LogP contribution is 2.25. The summed E-state index contributed by atoms with van der Waals surface area (Å²) in [6, 6.07) is 15.7. The lowest BCUT2D eigenvalue weighted by atomic mass is 10.2. The molecule has 144 valence electrons. The number of rotatable bonds is 7. The predicted octanol–water partition coefficient (Wildman–Crippen LogP) is 5.12. The van der Waals surface area contributed by atoms with Crippen molar-refractivity contribution >= 4 is 34.6 Å². The monoisotopic (exact) mass is 404 g/mol. The van der Waals surface area contributed by atoms with E-state index in [1.807, 2.05) is 55.5 Å². The summed E-state index contributed by atoms with van der Waals surface area (Å²) in [7, 11) is 0. The van der Waals surface area contributed by atoms with Crippen LogP contribution in [0.25, 0.3) is 0 Å². The Bertz CT molecular complexity index is 748. The largest absolute Gasteiger partial charge is 0.492 e. The van der Waals surface area contributed by atoms with Crippen molar-refractivity contribution in [2.75, 3.05) is 25.1 Å². The molecule has 1 aliphatic heterocycles. The van der Waals surface area contributed by atoms with Gasteiger partial charge in [0.1, 0.15) is 5.75 Å². The SMILES string of the molecule is CCOc1ccccc1NC(=S)N(Cc1ccc(Cl)cc1)CC1CCCO1. The summed E-state index contributed by atoms with van der Waals surface area (Å²) in [6.45, 7) is 4.85. The van der Waals surface area contributed by atoms with E-state index in [1.165, 1.54) is 0 Å². The van der Waals surface area contributed by atoms with Gasteiger partial charge in [0.15, 0.2) is 5.11 Å². The van der Waals surface area contributed by atoms with Gasteiger partial charge in [-0.3, -0.25) is 0 Å². The Balaban J connectivity index is 1.74. The number of ether oxygens (including phenoxy) is 2. The van der Waals surface area contributed by atoms with Gasteiger partial charge in [0.05, 0.1) is 18.4 Å². The molecular formula is C21H25ClN2O2S. The first kappa shape index (κ1) is 19.9. The van der Waals surface area contributed by atoms with Crippen molar-refractivity contribution in [2.24, 2.45) is 0 Å². The van der Waals surface area contributed by atoms with Crippen LogP contribution in [-0.2, 0) is 11.3 Å². The Kier molecular flexibility index (Phi) is 7.33. The second kappa shape index (κ2) is 9.93. The zero-order valence-electron chi connectivity index (χ0n) is 15.5. The molecule has 0 spiro atoms. The maximum Gasteiger partial charge on any atom is 0.173 e. The molecule has 1 unspecified atom stereocenters. The average molecular weight is 405 g/mol. The van der Waals surface area contributed by atoms with Crippen molar-refractivity contribution in [3.05, 3.63) is 59.1 Å². The van der Waals surface area contributed by atoms with Gasteiger partial charge in [-0.15, -0.1) is 0 Å². The predicted molar refractivity (Wildman–Crippen MR) is 115 cm³/mol. The van der Waals surface area contributed by atoms with Gasteiger partial charge in [0, 0.05) is 24.7 Å². The third-order valence-corrected chi connectivity index (χ3v) is 5.06. The summed E-state index contributed by atoms with van der Waals surface area (Å²) in [5.41, 5.74) is 2.03. The summed E-state index contributed by atoms with van der Waals surface area (Å²) >= 11 is 11.8. The number of thiocarbonyl (C=S) groups is 1. The molecule has 0 saturated carbocycles. The number of hydrogen-bond donors (Lipinski definition) is 1. The fraction of sp³-hybridized carbons (Fsp3) is 0.381. The fourth-order valence-corrected chi connectivity index (χ4v) is 3.48. The molecular weight excluding hydrogens is 380 g/mol. The highest BCUT2D eigenvalue weighted by atomic mass is 35.5. The molecule has 1 fully saturated rings. The molecule has 3 rings (SSSR count). The molecule has 27 heavy (non-hydrogen) atoms. The van der Waals surface area contributed by atoms with Gasteiger partial charge in [0.2, 0.25) is 0 Å². The Morgan fingerprint density at radius 2 is 2.04 bits per heavy atom. The average Bonchev–Trinajstić information content (AvgIpc) is 3.18. The van der Waals surface area contributed by atoms with E-state index in [2.05, 4.69) is 10.2 Å². The van der Waals surface area contributed by atoms with Gasteiger partial charge in [0.25, 0.3) is 0 Å². The normalized spacial score (nSPS) is 16.1. The van der Waals surface area contributed by atoms with E-state index in [0.29, 0.717) is 18.3 Å². The first-order chi connectivity index (χ1) is 13.2. The number of nitrogens with one attached hydrogen (secondary N) is 1. The molecule has 1 N–H and O–H groups in total. The van der Waals surface area contributed by atoms with E-state index < -0.39 is 0 Å². The van der Waals surface area contributed by atoms with Gasteiger partial charge in [-0.1, -0.05) is 35.9 Å². The summed E-state index contributed by atoms with van der Waals surface area (Å²) < 4.78 is 11.5. The molecule has 1 aliphatic rings. The van der Waals surface area contributed by atoms with Crippen molar-refractivity contribution in [1.82, 2.24) is 4.90 Å². The standard InChI is InChI=1S/C21H25ClN2O2S/c1-2-25-20-8-4-3-7-19(20)23-21(27)24(15-18-6-5-13-26-18)14-16-9-11-17(22)12-10-16/h3-4,7-12,18H,2,5-6,13-15H2,1H3,(H,23,27). The quantitative estimate of drug-likeness (QED) is 0.648. The van der Waals surface area contributed by atoms with E-state index in [1.54, 1.807) is 0 Å². The van der Waals surface area contributed by atoms with E-state index in [4.69, 9.17) is 33.3 Å². The maximum atomic E-state index is 6.02. The van der Waals surface area contributed by atoms with Gasteiger partial charge < -0.3 is 19.7 Å². The van der Waals surface area contributed by atoms with Crippen LogP contribution in [0.5, 0.6) is 5.75 Å².